The van der Waals surface area contributed by atoms with E-state index >= 15 is 0 Å². The van der Waals surface area contributed by atoms with Crippen LogP contribution in [0.25, 0.3) is 0 Å². The molecular weight excluding hydrogens is 285 g/mol. The molecule has 0 aliphatic heterocycles. The molecule has 0 saturated heterocycles. The van der Waals surface area contributed by atoms with Crippen LogP contribution in [-0.2, 0) is 19.7 Å². The summed E-state index contributed by atoms with van der Waals surface area (Å²) in [6.07, 6.45) is -0.236. The van der Waals surface area contributed by atoms with Crippen molar-refractivity contribution in [3.8, 4) is 0 Å². The Balaban J connectivity index is 0. The Labute approximate surface area is 149 Å². The van der Waals surface area contributed by atoms with Gasteiger partial charge >= 0.3 is 51.4 Å². The van der Waals surface area contributed by atoms with Gasteiger partial charge in [0.25, 0.3) is 10.1 Å². The van der Waals surface area contributed by atoms with Gasteiger partial charge in [0.2, 0.25) is 5.91 Å². The molecule has 0 unspecified atom stereocenters. The fourth-order valence-corrected chi connectivity index (χ4v) is 1.62. The van der Waals surface area contributed by atoms with Gasteiger partial charge in [-0.2, -0.15) is 8.42 Å². The Morgan fingerprint density at radius 2 is 1.78 bits per heavy atom. The Morgan fingerprint density at radius 3 is 2.17 bits per heavy atom. The van der Waals surface area contributed by atoms with Crippen LogP contribution in [0.3, 0.4) is 0 Å². The van der Waals surface area contributed by atoms with Gasteiger partial charge in [0.05, 0.1) is 11.3 Å². The molecule has 1 aromatic rings. The second-order valence-electron chi connectivity index (χ2n) is 3.43. The second-order valence-corrected chi connectivity index (χ2v) is 4.85. The number of Topliss-reactive ketones (excluding diaryl/α,β-unsaturated/α-hetero) is 1. The number of rotatable bonds is 4. The first-order valence-electron chi connectivity index (χ1n) is 4.66. The van der Waals surface area contributed by atoms with Crippen LogP contribution in [0.15, 0.2) is 29.2 Å². The van der Waals surface area contributed by atoms with Gasteiger partial charge in [-0.1, -0.05) is 0 Å². The summed E-state index contributed by atoms with van der Waals surface area (Å²) in [5.74, 6) is -0.742. The fraction of sp³-hybridized carbons (Fsp3) is 0.200. The van der Waals surface area contributed by atoms with Crippen molar-refractivity contribution in [3.05, 3.63) is 24.3 Å². The van der Waals surface area contributed by atoms with E-state index in [1.807, 2.05) is 0 Å². The molecule has 94 valence electrons. The third-order valence-electron chi connectivity index (χ3n) is 1.85. The van der Waals surface area contributed by atoms with Gasteiger partial charge < -0.3 is 6.74 Å². The minimum absolute atomic E-state index is 0. The summed E-state index contributed by atoms with van der Waals surface area (Å²) < 4.78 is 30.2. The molecule has 1 amide bonds. The second kappa shape index (κ2) is 7.48. The molecular formula is C10H12KNO5S. The maximum atomic E-state index is 11.2. The normalized spacial score (nSPS) is 10.3. The molecule has 6 nitrogen and oxygen atoms in total. The van der Waals surface area contributed by atoms with Gasteiger partial charge in [0, 0.05) is 5.69 Å². The summed E-state index contributed by atoms with van der Waals surface area (Å²) in [5.41, 5.74) is 0.351. The third-order valence-corrected chi connectivity index (χ3v) is 2.71. The van der Waals surface area contributed by atoms with E-state index in [1.54, 1.807) is 0 Å². The van der Waals surface area contributed by atoms with Crippen LogP contribution >= 0.6 is 0 Å². The van der Waals surface area contributed by atoms with E-state index < -0.39 is 16.0 Å². The van der Waals surface area contributed by atoms with E-state index in [2.05, 4.69) is 5.32 Å². The number of hydrogen-bond acceptors (Lipinski definition) is 4. The van der Waals surface area contributed by atoms with Crippen molar-refractivity contribution >= 4 is 27.5 Å². The maximum Gasteiger partial charge on any atom is 1.00 e. The molecule has 0 radical (unpaired) electrons. The van der Waals surface area contributed by atoms with E-state index in [1.165, 1.54) is 19.1 Å². The zero-order valence-electron chi connectivity index (χ0n) is 11.0. The predicted octanol–water partition coefficient (Wildman–Crippen LogP) is -2.03. The summed E-state index contributed by atoms with van der Waals surface area (Å²) in [6, 6.07) is 4.94. The molecule has 0 atom stereocenters. The first-order chi connectivity index (χ1) is 7.79. The quantitative estimate of drug-likeness (QED) is 0.379. The van der Waals surface area contributed by atoms with E-state index in [-0.39, 0.29) is 69.9 Å². The third kappa shape index (κ3) is 6.18. The molecule has 2 N–H and O–H groups in total. The first-order valence-corrected chi connectivity index (χ1v) is 6.10. The molecule has 0 heterocycles. The van der Waals surface area contributed by atoms with Crippen LogP contribution in [0.4, 0.5) is 5.69 Å². The number of ketones is 1. The summed E-state index contributed by atoms with van der Waals surface area (Å²) in [5, 5.41) is 2.42. The van der Waals surface area contributed by atoms with Crippen LogP contribution < -0.4 is 56.7 Å². The Bertz CT molecular complexity index is 544. The number of nitrogens with one attached hydrogen (secondary N) is 1. The zero-order valence-corrected chi connectivity index (χ0v) is 13.9. The number of anilines is 1. The topological polar surface area (TPSA) is 101 Å². The molecule has 0 saturated carbocycles. The Morgan fingerprint density at radius 1 is 1.28 bits per heavy atom. The molecule has 0 spiro atoms. The largest absolute Gasteiger partial charge is 1.00 e. The summed E-state index contributed by atoms with van der Waals surface area (Å²) >= 11 is 0. The standard InChI is InChI=1S/C10H11NO5S.K.H/c1-7(12)6-10(13)11-8-2-4-9(5-3-8)17(14,15)16;;/h2-5H,6H2,1H3,(H,11,13)(H,14,15,16);;/q;+1;-1. The fourth-order valence-electron chi connectivity index (χ4n) is 1.14. The van der Waals surface area contributed by atoms with Gasteiger partial charge in [-0.05, 0) is 31.2 Å². The van der Waals surface area contributed by atoms with E-state index in [4.69, 9.17) is 4.55 Å². The molecule has 1 rings (SSSR count). The number of benzene rings is 1. The average Bonchev–Trinajstić information content (AvgIpc) is 2.15. The zero-order chi connectivity index (χ0) is 13.1. The van der Waals surface area contributed by atoms with Crippen molar-refractivity contribution in [1.29, 1.82) is 0 Å². The average molecular weight is 297 g/mol. The van der Waals surface area contributed by atoms with Crippen LogP contribution in [0.1, 0.15) is 14.8 Å². The Kier molecular flexibility index (Phi) is 7.45. The summed E-state index contributed by atoms with van der Waals surface area (Å²) in [7, 11) is -4.23. The van der Waals surface area contributed by atoms with Crippen LogP contribution in [0.5, 0.6) is 0 Å². The minimum Gasteiger partial charge on any atom is -1.00 e. The van der Waals surface area contributed by atoms with Crippen molar-refractivity contribution in [3.63, 3.8) is 0 Å². The van der Waals surface area contributed by atoms with Crippen molar-refractivity contribution in [2.75, 3.05) is 5.32 Å². The molecule has 0 fully saturated rings. The summed E-state index contributed by atoms with van der Waals surface area (Å²) in [6.45, 7) is 1.29. The monoisotopic (exact) mass is 297 g/mol. The van der Waals surface area contributed by atoms with Crippen molar-refractivity contribution in [2.45, 2.75) is 18.2 Å². The van der Waals surface area contributed by atoms with Gasteiger partial charge in [-0.25, -0.2) is 0 Å². The minimum atomic E-state index is -4.23. The SMILES string of the molecule is CC(=O)CC(=O)Nc1ccc(S(=O)(=O)O)cc1.[H-].[K+]. The van der Waals surface area contributed by atoms with Gasteiger partial charge in [0.1, 0.15) is 5.78 Å². The van der Waals surface area contributed by atoms with Gasteiger partial charge in [-0.15, -0.1) is 0 Å². The first kappa shape index (κ1) is 17.9. The van der Waals surface area contributed by atoms with Crippen LogP contribution in [0.2, 0.25) is 0 Å². The molecule has 0 aromatic heterocycles. The predicted molar refractivity (Wildman–Crippen MR) is 61.3 cm³/mol. The molecule has 1 aromatic carbocycles. The molecule has 0 aliphatic rings. The van der Waals surface area contributed by atoms with E-state index in [0.29, 0.717) is 5.69 Å². The van der Waals surface area contributed by atoms with E-state index in [9.17, 15) is 18.0 Å². The molecule has 0 bridgehead atoms. The van der Waals surface area contributed by atoms with Crippen LogP contribution in [0, 0.1) is 0 Å². The molecule has 0 aliphatic carbocycles. The van der Waals surface area contributed by atoms with Crippen molar-refractivity contribution < 1.29 is 75.4 Å². The number of carbonyl (C=O) groups is 2. The number of hydrogen-bond donors (Lipinski definition) is 2. The van der Waals surface area contributed by atoms with E-state index in [0.717, 1.165) is 12.1 Å². The summed E-state index contributed by atoms with van der Waals surface area (Å²) in [4.78, 5) is 21.6. The Hall–Kier alpha value is -0.0936. The van der Waals surface area contributed by atoms with Crippen LogP contribution in [-0.4, -0.2) is 24.7 Å². The number of carbonyl (C=O) groups excluding carboxylic acids is 2. The molecule has 8 heteroatoms. The van der Waals surface area contributed by atoms with Gasteiger partial charge in [0.15, 0.2) is 0 Å². The number of amides is 1. The van der Waals surface area contributed by atoms with Gasteiger partial charge in [-0.3, -0.25) is 14.1 Å². The smallest absolute Gasteiger partial charge is 1.00 e. The van der Waals surface area contributed by atoms with Crippen molar-refractivity contribution in [2.24, 2.45) is 0 Å². The molecule has 18 heavy (non-hydrogen) atoms. The van der Waals surface area contributed by atoms with Crippen molar-refractivity contribution in [1.82, 2.24) is 0 Å². The maximum absolute atomic E-state index is 11.2.